The van der Waals surface area contributed by atoms with Crippen molar-refractivity contribution in [1.29, 1.82) is 0 Å². The first-order chi connectivity index (χ1) is 10.6. The molecule has 3 rings (SSSR count). The summed E-state index contributed by atoms with van der Waals surface area (Å²) in [6.07, 6.45) is 0. The Kier molecular flexibility index (Phi) is 4.41. The minimum atomic E-state index is 0.615. The van der Waals surface area contributed by atoms with E-state index in [2.05, 4.69) is 66.6 Å². The number of aromatic nitrogens is 1. The summed E-state index contributed by atoms with van der Waals surface area (Å²) < 4.78 is 0. The van der Waals surface area contributed by atoms with Crippen molar-refractivity contribution in [3.05, 3.63) is 75.9 Å². The van der Waals surface area contributed by atoms with E-state index in [9.17, 15) is 0 Å². The molecule has 0 aliphatic heterocycles. The molecular weight excluding hydrogens is 292 g/mol. The Morgan fingerprint density at radius 1 is 1.00 bits per heavy atom. The van der Waals surface area contributed by atoms with Gasteiger partial charge < -0.3 is 5.32 Å². The quantitative estimate of drug-likeness (QED) is 0.730. The van der Waals surface area contributed by atoms with Gasteiger partial charge in [0.2, 0.25) is 0 Å². The lowest BCUT2D eigenvalue weighted by Crippen LogP contribution is -2.80. The normalized spacial score (nSPS) is 11.0. The predicted molar refractivity (Wildman–Crippen MR) is 92.0 cm³/mol. The van der Waals surface area contributed by atoms with Crippen LogP contribution in [0.4, 0.5) is 0 Å². The molecule has 2 N–H and O–H groups in total. The van der Waals surface area contributed by atoms with Gasteiger partial charge in [-0.25, -0.2) is 4.98 Å². The van der Waals surface area contributed by atoms with Gasteiger partial charge in [-0.3, -0.25) is 0 Å². The molecule has 3 aromatic rings. The lowest BCUT2D eigenvalue weighted by Gasteiger charge is -2.08. The molecule has 0 aliphatic carbocycles. The van der Waals surface area contributed by atoms with Crippen LogP contribution >= 0.6 is 11.6 Å². The third-order valence-corrected chi connectivity index (χ3v) is 4.19. The summed E-state index contributed by atoms with van der Waals surface area (Å²) >= 11 is 6.37. The molecule has 0 fully saturated rings. The van der Waals surface area contributed by atoms with Crippen LogP contribution in [0.2, 0.25) is 5.15 Å². The molecule has 0 amide bonds. The maximum absolute atomic E-state index is 6.37. The molecule has 3 heteroatoms. The van der Waals surface area contributed by atoms with E-state index in [1.807, 2.05) is 6.07 Å². The number of halogens is 1. The highest BCUT2D eigenvalue weighted by Gasteiger charge is 2.09. The molecule has 0 atom stereocenters. The fourth-order valence-electron chi connectivity index (χ4n) is 2.82. The summed E-state index contributed by atoms with van der Waals surface area (Å²) in [6.45, 7) is 5.98. The van der Waals surface area contributed by atoms with Crippen molar-refractivity contribution in [3.8, 4) is 0 Å². The first-order valence-electron chi connectivity index (χ1n) is 7.55. The van der Waals surface area contributed by atoms with E-state index in [-0.39, 0.29) is 0 Å². The van der Waals surface area contributed by atoms with Crippen LogP contribution in [0.15, 0.2) is 48.5 Å². The molecule has 2 aromatic carbocycles. The fraction of sp³-hybridized carbons (Fsp3) is 0.211. The van der Waals surface area contributed by atoms with E-state index in [4.69, 9.17) is 11.6 Å². The zero-order valence-corrected chi connectivity index (χ0v) is 13.7. The van der Waals surface area contributed by atoms with Gasteiger partial charge in [-0.2, -0.15) is 0 Å². The molecule has 112 valence electrons. The SMILES string of the molecule is Cc1cc(C)c2nc(Cl)c(C[NH2+]Cc3ccccc3)cc2c1. The predicted octanol–water partition coefficient (Wildman–Crippen LogP) is 3.77. The number of rotatable bonds is 4. The minimum absolute atomic E-state index is 0.615. The van der Waals surface area contributed by atoms with Gasteiger partial charge >= 0.3 is 0 Å². The Balaban J connectivity index is 1.80. The first kappa shape index (κ1) is 15.0. The van der Waals surface area contributed by atoms with Crippen LogP contribution in [-0.2, 0) is 13.1 Å². The van der Waals surface area contributed by atoms with Crippen molar-refractivity contribution in [2.24, 2.45) is 0 Å². The van der Waals surface area contributed by atoms with Crippen molar-refractivity contribution in [3.63, 3.8) is 0 Å². The second kappa shape index (κ2) is 6.47. The zero-order valence-electron chi connectivity index (χ0n) is 12.9. The van der Waals surface area contributed by atoms with Crippen molar-refractivity contribution in [1.82, 2.24) is 4.98 Å². The Morgan fingerprint density at radius 3 is 2.55 bits per heavy atom. The van der Waals surface area contributed by atoms with Gasteiger partial charge in [-0.1, -0.05) is 53.6 Å². The first-order valence-corrected chi connectivity index (χ1v) is 7.93. The van der Waals surface area contributed by atoms with Gasteiger partial charge in [0.15, 0.2) is 0 Å². The minimum Gasteiger partial charge on any atom is -0.339 e. The lowest BCUT2D eigenvalue weighted by atomic mass is 10.1. The summed E-state index contributed by atoms with van der Waals surface area (Å²) in [5, 5.41) is 4.04. The molecule has 2 nitrogen and oxygen atoms in total. The van der Waals surface area contributed by atoms with E-state index in [0.717, 1.165) is 24.2 Å². The zero-order chi connectivity index (χ0) is 15.5. The molecule has 0 radical (unpaired) electrons. The molecule has 0 spiro atoms. The molecule has 0 unspecified atom stereocenters. The van der Waals surface area contributed by atoms with Crippen molar-refractivity contribution in [2.45, 2.75) is 26.9 Å². The van der Waals surface area contributed by atoms with Gasteiger partial charge in [0.25, 0.3) is 0 Å². The van der Waals surface area contributed by atoms with Crippen LogP contribution < -0.4 is 5.32 Å². The van der Waals surface area contributed by atoms with Crippen molar-refractivity contribution >= 4 is 22.5 Å². The molecule has 0 saturated carbocycles. The van der Waals surface area contributed by atoms with E-state index in [1.165, 1.54) is 22.1 Å². The number of benzene rings is 2. The standard InChI is InChI=1S/C19H19ClN2/c1-13-8-14(2)18-16(9-13)10-17(19(20)22-18)12-21-11-15-6-4-3-5-7-15/h3-10,21H,11-12H2,1-2H3/p+1. The number of hydrogen-bond acceptors (Lipinski definition) is 1. The van der Waals surface area contributed by atoms with Crippen LogP contribution in [0.25, 0.3) is 10.9 Å². The molecule has 22 heavy (non-hydrogen) atoms. The van der Waals surface area contributed by atoms with Gasteiger partial charge in [0, 0.05) is 16.5 Å². The van der Waals surface area contributed by atoms with Gasteiger partial charge in [-0.05, 0) is 31.5 Å². The molecule has 1 aromatic heterocycles. The van der Waals surface area contributed by atoms with E-state index in [0.29, 0.717) is 5.15 Å². The van der Waals surface area contributed by atoms with Crippen molar-refractivity contribution in [2.75, 3.05) is 0 Å². The third-order valence-electron chi connectivity index (χ3n) is 3.87. The average Bonchev–Trinajstić information content (AvgIpc) is 2.50. The summed E-state index contributed by atoms with van der Waals surface area (Å²) in [5.41, 5.74) is 5.85. The van der Waals surface area contributed by atoms with E-state index in [1.54, 1.807) is 0 Å². The maximum atomic E-state index is 6.37. The Morgan fingerprint density at radius 2 is 1.77 bits per heavy atom. The van der Waals surface area contributed by atoms with Gasteiger partial charge in [0.05, 0.1) is 5.52 Å². The highest BCUT2D eigenvalue weighted by atomic mass is 35.5. The number of fused-ring (bicyclic) bond motifs is 1. The topological polar surface area (TPSA) is 29.5 Å². The van der Waals surface area contributed by atoms with Crippen LogP contribution in [-0.4, -0.2) is 4.98 Å². The molecule has 1 heterocycles. The summed E-state index contributed by atoms with van der Waals surface area (Å²) in [6, 6.07) is 17.0. The molecule has 0 bridgehead atoms. The van der Waals surface area contributed by atoms with E-state index >= 15 is 0 Å². The summed E-state index contributed by atoms with van der Waals surface area (Å²) in [5.74, 6) is 0. The Bertz CT molecular complexity index is 797. The molecule has 0 saturated heterocycles. The number of nitrogens with two attached hydrogens (primary N) is 1. The fourth-order valence-corrected chi connectivity index (χ4v) is 3.04. The molecular formula is C19H20ClN2+. The second-order valence-electron chi connectivity index (χ2n) is 5.77. The third kappa shape index (κ3) is 3.29. The van der Waals surface area contributed by atoms with Crippen LogP contribution in [0, 0.1) is 13.8 Å². The van der Waals surface area contributed by atoms with Gasteiger partial charge in [-0.15, -0.1) is 0 Å². The summed E-state index contributed by atoms with van der Waals surface area (Å²) in [4.78, 5) is 4.59. The average molecular weight is 312 g/mol. The number of aryl methyl sites for hydroxylation is 2. The van der Waals surface area contributed by atoms with Gasteiger partial charge in [0.1, 0.15) is 18.2 Å². The van der Waals surface area contributed by atoms with Crippen LogP contribution in [0.5, 0.6) is 0 Å². The molecule has 0 aliphatic rings. The van der Waals surface area contributed by atoms with Crippen LogP contribution in [0.1, 0.15) is 22.3 Å². The van der Waals surface area contributed by atoms with E-state index < -0.39 is 0 Å². The highest BCUT2D eigenvalue weighted by Crippen LogP contribution is 2.23. The monoisotopic (exact) mass is 311 g/mol. The number of quaternary nitrogens is 1. The number of nitrogens with zero attached hydrogens (tertiary/aromatic N) is 1. The maximum Gasteiger partial charge on any atom is 0.138 e. The summed E-state index contributed by atoms with van der Waals surface area (Å²) in [7, 11) is 0. The largest absolute Gasteiger partial charge is 0.339 e. The smallest absolute Gasteiger partial charge is 0.138 e. The number of hydrogen-bond donors (Lipinski definition) is 1. The highest BCUT2D eigenvalue weighted by molar-refractivity contribution is 6.30. The Labute approximate surface area is 136 Å². The van der Waals surface area contributed by atoms with Crippen molar-refractivity contribution < 1.29 is 5.32 Å². The number of pyridine rings is 1. The van der Waals surface area contributed by atoms with Crippen LogP contribution in [0.3, 0.4) is 0 Å². The second-order valence-corrected chi connectivity index (χ2v) is 6.13. The lowest BCUT2D eigenvalue weighted by molar-refractivity contribution is -0.686. The Hall–Kier alpha value is -1.90.